The van der Waals surface area contributed by atoms with E-state index in [1.807, 2.05) is 6.07 Å². The fourth-order valence-corrected chi connectivity index (χ4v) is 3.69. The predicted molar refractivity (Wildman–Crippen MR) is 67.5 cm³/mol. The quantitative estimate of drug-likeness (QED) is 0.793. The smallest absolute Gasteiger partial charge is 0.137 e. The van der Waals surface area contributed by atoms with Crippen LogP contribution in [0.2, 0.25) is 0 Å². The van der Waals surface area contributed by atoms with Crippen LogP contribution in [0.1, 0.15) is 24.8 Å². The molecule has 2 saturated carbocycles. The van der Waals surface area contributed by atoms with Crippen LogP contribution in [-0.2, 0) is 11.3 Å². The number of carbonyl (C=O) groups excluding carboxylic acids is 1. The van der Waals surface area contributed by atoms with Crippen molar-refractivity contribution in [3.05, 3.63) is 35.9 Å². The second kappa shape index (κ2) is 4.26. The summed E-state index contributed by atoms with van der Waals surface area (Å²) in [7, 11) is 2.17. The van der Waals surface area contributed by atoms with Crippen molar-refractivity contribution in [2.45, 2.75) is 31.8 Å². The Morgan fingerprint density at radius 1 is 1.24 bits per heavy atom. The zero-order valence-electron chi connectivity index (χ0n) is 10.3. The molecule has 0 N–H and O–H groups in total. The van der Waals surface area contributed by atoms with Crippen molar-refractivity contribution in [1.82, 2.24) is 4.90 Å². The third kappa shape index (κ3) is 1.91. The molecule has 3 rings (SSSR count). The average molecular weight is 229 g/mol. The van der Waals surface area contributed by atoms with Crippen LogP contribution in [0.15, 0.2) is 30.3 Å². The summed E-state index contributed by atoms with van der Waals surface area (Å²) in [6, 6.07) is 11.0. The molecule has 2 aliphatic rings. The van der Waals surface area contributed by atoms with Crippen LogP contribution in [-0.4, -0.2) is 23.8 Å². The minimum absolute atomic E-state index is 0.328. The van der Waals surface area contributed by atoms with Gasteiger partial charge in [-0.25, -0.2) is 0 Å². The number of nitrogens with zero attached hydrogens (tertiary/aromatic N) is 1. The Kier molecular flexibility index (Phi) is 2.75. The van der Waals surface area contributed by atoms with E-state index in [1.54, 1.807) is 0 Å². The molecule has 3 atom stereocenters. The molecule has 1 aromatic carbocycles. The Morgan fingerprint density at radius 3 is 2.59 bits per heavy atom. The molecule has 2 bridgehead atoms. The van der Waals surface area contributed by atoms with Crippen LogP contribution < -0.4 is 0 Å². The number of Topliss-reactive ketones (excluding diaryl/α,β-unsaturated/α-hetero) is 1. The number of hydrogen-bond donors (Lipinski definition) is 0. The Morgan fingerprint density at radius 2 is 2.00 bits per heavy atom. The number of fused-ring (bicyclic) bond motifs is 2. The fraction of sp³-hybridized carbons (Fsp3) is 0.533. The average Bonchev–Trinajstić information content (AvgIpc) is 2.86. The van der Waals surface area contributed by atoms with E-state index in [9.17, 15) is 4.79 Å². The maximum atomic E-state index is 11.8. The van der Waals surface area contributed by atoms with Gasteiger partial charge in [0.2, 0.25) is 0 Å². The Hall–Kier alpha value is -1.15. The van der Waals surface area contributed by atoms with E-state index < -0.39 is 0 Å². The minimum Gasteiger partial charge on any atom is -0.299 e. The van der Waals surface area contributed by atoms with Crippen LogP contribution in [0.25, 0.3) is 0 Å². The molecule has 0 aromatic heterocycles. The lowest BCUT2D eigenvalue weighted by molar-refractivity contribution is -0.122. The summed E-state index contributed by atoms with van der Waals surface area (Å²) in [6.07, 6.45) is 3.20. The normalized spacial score (nSPS) is 31.4. The molecule has 90 valence electrons. The van der Waals surface area contributed by atoms with Gasteiger partial charge in [0, 0.05) is 24.9 Å². The molecular weight excluding hydrogens is 210 g/mol. The van der Waals surface area contributed by atoms with Gasteiger partial charge in [-0.15, -0.1) is 0 Å². The fourth-order valence-electron chi connectivity index (χ4n) is 3.69. The van der Waals surface area contributed by atoms with Crippen molar-refractivity contribution >= 4 is 5.78 Å². The zero-order valence-corrected chi connectivity index (χ0v) is 10.3. The van der Waals surface area contributed by atoms with Crippen molar-refractivity contribution in [2.24, 2.45) is 11.8 Å². The number of rotatable bonds is 3. The monoisotopic (exact) mass is 229 g/mol. The lowest BCUT2D eigenvalue weighted by atomic mass is 10.00. The number of ketones is 1. The van der Waals surface area contributed by atoms with Gasteiger partial charge >= 0.3 is 0 Å². The maximum absolute atomic E-state index is 11.8. The van der Waals surface area contributed by atoms with E-state index in [4.69, 9.17) is 0 Å². The summed E-state index contributed by atoms with van der Waals surface area (Å²) in [4.78, 5) is 14.2. The first kappa shape index (κ1) is 11.0. The van der Waals surface area contributed by atoms with Crippen LogP contribution in [0.3, 0.4) is 0 Å². The van der Waals surface area contributed by atoms with E-state index in [0.29, 0.717) is 23.7 Å². The first-order chi connectivity index (χ1) is 8.25. The van der Waals surface area contributed by atoms with Gasteiger partial charge in [0.05, 0.1) is 0 Å². The summed E-state index contributed by atoms with van der Waals surface area (Å²) in [6.45, 7) is 0.964. The van der Waals surface area contributed by atoms with Crippen LogP contribution in [0.5, 0.6) is 0 Å². The molecule has 17 heavy (non-hydrogen) atoms. The molecule has 2 nitrogen and oxygen atoms in total. The molecule has 0 aliphatic heterocycles. The van der Waals surface area contributed by atoms with Gasteiger partial charge < -0.3 is 0 Å². The topological polar surface area (TPSA) is 20.3 Å². The summed E-state index contributed by atoms with van der Waals surface area (Å²) >= 11 is 0. The van der Waals surface area contributed by atoms with Gasteiger partial charge in [0.1, 0.15) is 5.78 Å². The molecule has 2 aliphatic carbocycles. The second-order valence-electron chi connectivity index (χ2n) is 5.51. The molecule has 0 heterocycles. The van der Waals surface area contributed by atoms with E-state index in [0.717, 1.165) is 19.4 Å². The number of hydrogen-bond acceptors (Lipinski definition) is 2. The molecular formula is C15H19NO. The third-order valence-corrected chi connectivity index (χ3v) is 4.40. The molecule has 0 saturated heterocycles. The molecule has 2 heteroatoms. The predicted octanol–water partition coefficient (Wildman–Crippen LogP) is 2.49. The maximum Gasteiger partial charge on any atom is 0.137 e. The molecule has 1 aromatic rings. The number of carbonyl (C=O) groups is 1. The summed E-state index contributed by atoms with van der Waals surface area (Å²) in [5, 5.41) is 0. The Bertz CT molecular complexity index is 414. The number of benzene rings is 1. The SMILES string of the molecule is CN(Cc1ccccc1)C1C2CC[C@@H]1C(=O)C2. The van der Waals surface area contributed by atoms with Crippen molar-refractivity contribution in [3.8, 4) is 0 Å². The minimum atomic E-state index is 0.328. The molecule has 2 unspecified atom stereocenters. The van der Waals surface area contributed by atoms with E-state index in [1.165, 1.54) is 12.0 Å². The highest BCUT2D eigenvalue weighted by Gasteiger charge is 2.48. The van der Waals surface area contributed by atoms with Gasteiger partial charge in [-0.3, -0.25) is 9.69 Å². The highest BCUT2D eigenvalue weighted by atomic mass is 16.1. The largest absolute Gasteiger partial charge is 0.299 e. The van der Waals surface area contributed by atoms with Gasteiger partial charge in [0.15, 0.2) is 0 Å². The van der Waals surface area contributed by atoms with E-state index in [2.05, 4.69) is 36.2 Å². The molecule has 0 amide bonds. The van der Waals surface area contributed by atoms with Crippen molar-refractivity contribution in [1.29, 1.82) is 0 Å². The van der Waals surface area contributed by atoms with Gasteiger partial charge in [-0.2, -0.15) is 0 Å². The highest BCUT2D eigenvalue weighted by Crippen LogP contribution is 2.44. The first-order valence-corrected chi connectivity index (χ1v) is 6.52. The van der Waals surface area contributed by atoms with Crippen molar-refractivity contribution in [2.75, 3.05) is 7.05 Å². The van der Waals surface area contributed by atoms with Gasteiger partial charge in [-0.1, -0.05) is 30.3 Å². The summed E-state index contributed by atoms with van der Waals surface area (Å²) < 4.78 is 0. The van der Waals surface area contributed by atoms with Gasteiger partial charge in [-0.05, 0) is 31.4 Å². The molecule has 0 radical (unpaired) electrons. The standard InChI is InChI=1S/C15H19NO/c1-16(10-11-5-3-2-4-6-11)15-12-7-8-13(15)14(17)9-12/h2-6,12-13,15H,7-10H2,1H3/t12?,13-,15?/m1/s1. The molecule has 2 fully saturated rings. The lowest BCUT2D eigenvalue weighted by Crippen LogP contribution is -2.35. The van der Waals surface area contributed by atoms with Crippen LogP contribution in [0.4, 0.5) is 0 Å². The zero-order chi connectivity index (χ0) is 11.8. The Labute approximate surface area is 103 Å². The van der Waals surface area contributed by atoms with E-state index in [-0.39, 0.29) is 0 Å². The first-order valence-electron chi connectivity index (χ1n) is 6.52. The summed E-state index contributed by atoms with van der Waals surface area (Å²) in [5.74, 6) is 1.46. The molecule has 0 spiro atoms. The van der Waals surface area contributed by atoms with Crippen molar-refractivity contribution in [3.63, 3.8) is 0 Å². The van der Waals surface area contributed by atoms with Crippen LogP contribution in [0, 0.1) is 11.8 Å². The second-order valence-corrected chi connectivity index (χ2v) is 5.51. The van der Waals surface area contributed by atoms with Crippen molar-refractivity contribution < 1.29 is 4.79 Å². The van der Waals surface area contributed by atoms with Gasteiger partial charge in [0.25, 0.3) is 0 Å². The Balaban J connectivity index is 1.71. The van der Waals surface area contributed by atoms with E-state index >= 15 is 0 Å². The third-order valence-electron chi connectivity index (χ3n) is 4.40. The van der Waals surface area contributed by atoms with Crippen LogP contribution >= 0.6 is 0 Å². The summed E-state index contributed by atoms with van der Waals surface area (Å²) in [5.41, 5.74) is 1.34. The lowest BCUT2D eigenvalue weighted by Gasteiger charge is -2.27. The highest BCUT2D eigenvalue weighted by molar-refractivity contribution is 5.85.